The molecule has 1 aromatic rings. The third-order valence-electron chi connectivity index (χ3n) is 9.16. The van der Waals surface area contributed by atoms with Crippen molar-refractivity contribution in [2.75, 3.05) is 31.6 Å². The molecule has 5 aliphatic rings. The fourth-order valence-corrected chi connectivity index (χ4v) is 7.56. The van der Waals surface area contributed by atoms with Crippen LogP contribution in [0.15, 0.2) is 18.2 Å². The highest BCUT2D eigenvalue weighted by Crippen LogP contribution is 2.60. The van der Waals surface area contributed by atoms with Crippen molar-refractivity contribution in [1.29, 1.82) is 0 Å². The van der Waals surface area contributed by atoms with Crippen LogP contribution in [0.4, 0.5) is 5.69 Å². The molecule has 2 N–H and O–H groups in total. The molecule has 6 rings (SSSR count). The molecule has 5 fully saturated rings. The molecular formula is C29H41N3O4. The molecule has 196 valence electrons. The van der Waals surface area contributed by atoms with E-state index in [1.165, 1.54) is 19.3 Å². The minimum Gasteiger partial charge on any atom is -0.376 e. The number of benzene rings is 1. The SMILES string of the molecule is Cc1cccc(NC(=O)CN(CC2CCCO2)C(=O)CCNC(=O)C23CC4CC(CC(C4)C2)C3)c1C. The average molecular weight is 496 g/mol. The fraction of sp³-hybridized carbons (Fsp3) is 0.690. The number of hydrogen-bond acceptors (Lipinski definition) is 4. The van der Waals surface area contributed by atoms with Gasteiger partial charge in [-0.2, -0.15) is 0 Å². The highest BCUT2D eigenvalue weighted by atomic mass is 16.5. The number of hydrogen-bond donors (Lipinski definition) is 2. The van der Waals surface area contributed by atoms with Gasteiger partial charge in [-0.3, -0.25) is 14.4 Å². The first-order chi connectivity index (χ1) is 17.3. The molecule has 0 spiro atoms. The van der Waals surface area contributed by atoms with E-state index in [0.717, 1.165) is 48.9 Å². The lowest BCUT2D eigenvalue weighted by molar-refractivity contribution is -0.146. The van der Waals surface area contributed by atoms with E-state index < -0.39 is 0 Å². The Labute approximate surface area is 214 Å². The summed E-state index contributed by atoms with van der Waals surface area (Å²) in [5, 5.41) is 6.07. The summed E-state index contributed by atoms with van der Waals surface area (Å²) in [6, 6.07) is 5.81. The minimum atomic E-state index is -0.215. The molecule has 36 heavy (non-hydrogen) atoms. The molecule has 4 saturated carbocycles. The van der Waals surface area contributed by atoms with Crippen molar-refractivity contribution in [3.63, 3.8) is 0 Å². The molecule has 4 aliphatic carbocycles. The Morgan fingerprint density at radius 3 is 2.39 bits per heavy atom. The van der Waals surface area contributed by atoms with Crippen molar-refractivity contribution in [3.05, 3.63) is 29.3 Å². The number of amides is 3. The van der Waals surface area contributed by atoms with Crippen LogP contribution in [0.25, 0.3) is 0 Å². The van der Waals surface area contributed by atoms with Gasteiger partial charge < -0.3 is 20.3 Å². The monoisotopic (exact) mass is 495 g/mol. The molecule has 0 radical (unpaired) electrons. The summed E-state index contributed by atoms with van der Waals surface area (Å²) in [7, 11) is 0. The molecule has 7 nitrogen and oxygen atoms in total. The maximum absolute atomic E-state index is 13.2. The first-order valence-corrected chi connectivity index (χ1v) is 13.8. The molecule has 1 unspecified atom stereocenters. The van der Waals surface area contributed by atoms with E-state index in [0.29, 0.717) is 37.5 Å². The van der Waals surface area contributed by atoms with E-state index in [2.05, 4.69) is 10.6 Å². The molecule has 1 aromatic carbocycles. The lowest BCUT2D eigenvalue weighted by Crippen LogP contribution is -2.54. The van der Waals surface area contributed by atoms with Crippen LogP contribution in [0.2, 0.25) is 0 Å². The van der Waals surface area contributed by atoms with Gasteiger partial charge in [0.25, 0.3) is 0 Å². The summed E-state index contributed by atoms with van der Waals surface area (Å²) in [5.41, 5.74) is 2.69. The van der Waals surface area contributed by atoms with Gasteiger partial charge in [-0.05, 0) is 100 Å². The van der Waals surface area contributed by atoms with E-state index in [1.54, 1.807) is 4.90 Å². The Morgan fingerprint density at radius 2 is 1.75 bits per heavy atom. The number of nitrogens with one attached hydrogen (secondary N) is 2. The van der Waals surface area contributed by atoms with Crippen LogP contribution < -0.4 is 10.6 Å². The van der Waals surface area contributed by atoms with Crippen LogP contribution >= 0.6 is 0 Å². The number of rotatable bonds is 9. The van der Waals surface area contributed by atoms with Crippen molar-refractivity contribution >= 4 is 23.4 Å². The van der Waals surface area contributed by atoms with Crippen molar-refractivity contribution < 1.29 is 19.1 Å². The molecule has 1 heterocycles. The Kier molecular flexibility index (Phi) is 7.38. The summed E-state index contributed by atoms with van der Waals surface area (Å²) >= 11 is 0. The summed E-state index contributed by atoms with van der Waals surface area (Å²) in [6.07, 6.45) is 8.97. The lowest BCUT2D eigenvalue weighted by atomic mass is 9.49. The standard InChI is InChI=1S/C29H41N3O4/c1-19-5-3-7-25(20(19)2)31-26(33)18-32(17-24-6-4-10-36-24)27(34)8-9-30-28(35)29-14-21-11-22(15-29)13-23(12-21)16-29/h3,5,7,21-24H,4,6,8-18H2,1-2H3,(H,30,35)(H,31,33). The zero-order valence-corrected chi connectivity index (χ0v) is 21.8. The number of nitrogens with zero attached hydrogens (tertiary/aromatic N) is 1. The van der Waals surface area contributed by atoms with Gasteiger partial charge in [-0.1, -0.05) is 12.1 Å². The normalized spacial score (nSPS) is 30.3. The zero-order valence-electron chi connectivity index (χ0n) is 21.8. The van der Waals surface area contributed by atoms with E-state index in [1.807, 2.05) is 32.0 Å². The summed E-state index contributed by atoms with van der Waals surface area (Å²) < 4.78 is 5.75. The van der Waals surface area contributed by atoms with Crippen LogP contribution in [0.3, 0.4) is 0 Å². The van der Waals surface area contributed by atoms with Gasteiger partial charge in [0.05, 0.1) is 12.6 Å². The number of carbonyl (C=O) groups excluding carboxylic acids is 3. The third kappa shape index (κ3) is 5.46. The maximum Gasteiger partial charge on any atom is 0.244 e. The highest BCUT2D eigenvalue weighted by Gasteiger charge is 2.54. The molecule has 7 heteroatoms. The average Bonchev–Trinajstić information content (AvgIpc) is 3.34. The second-order valence-electron chi connectivity index (χ2n) is 11.9. The first-order valence-electron chi connectivity index (χ1n) is 13.8. The van der Waals surface area contributed by atoms with Crippen LogP contribution in [0.1, 0.15) is 68.9 Å². The third-order valence-corrected chi connectivity index (χ3v) is 9.16. The van der Waals surface area contributed by atoms with Crippen molar-refractivity contribution in [2.24, 2.45) is 23.2 Å². The topological polar surface area (TPSA) is 87.7 Å². The van der Waals surface area contributed by atoms with E-state index in [4.69, 9.17) is 4.74 Å². The van der Waals surface area contributed by atoms with Crippen molar-refractivity contribution in [2.45, 2.75) is 77.7 Å². The predicted molar refractivity (Wildman–Crippen MR) is 138 cm³/mol. The first kappa shape index (κ1) is 25.2. The second kappa shape index (κ2) is 10.5. The minimum absolute atomic E-state index is 0.0189. The predicted octanol–water partition coefficient (Wildman–Crippen LogP) is 3.97. The molecule has 3 amide bonds. The molecule has 1 saturated heterocycles. The largest absolute Gasteiger partial charge is 0.376 e. The van der Waals surface area contributed by atoms with Gasteiger partial charge in [0.1, 0.15) is 0 Å². The van der Waals surface area contributed by atoms with Crippen molar-refractivity contribution in [1.82, 2.24) is 10.2 Å². The Bertz CT molecular complexity index is 965. The van der Waals surface area contributed by atoms with Gasteiger partial charge in [-0.15, -0.1) is 0 Å². The summed E-state index contributed by atoms with van der Waals surface area (Å²) in [6.45, 7) is 5.39. The number of aryl methyl sites for hydroxylation is 1. The number of carbonyl (C=O) groups is 3. The van der Waals surface area contributed by atoms with Gasteiger partial charge in [0, 0.05) is 37.2 Å². The van der Waals surface area contributed by atoms with Crippen molar-refractivity contribution in [3.8, 4) is 0 Å². The fourth-order valence-electron chi connectivity index (χ4n) is 7.56. The molecular weight excluding hydrogens is 454 g/mol. The van der Waals surface area contributed by atoms with E-state index in [-0.39, 0.29) is 42.2 Å². The highest BCUT2D eigenvalue weighted by molar-refractivity contribution is 5.95. The Hall–Kier alpha value is -2.41. The van der Waals surface area contributed by atoms with Gasteiger partial charge in [-0.25, -0.2) is 0 Å². The van der Waals surface area contributed by atoms with Gasteiger partial charge in [0.2, 0.25) is 17.7 Å². The van der Waals surface area contributed by atoms with Crippen LogP contribution in [-0.2, 0) is 19.1 Å². The summed E-state index contributed by atoms with van der Waals surface area (Å²) in [5.74, 6) is 1.94. The van der Waals surface area contributed by atoms with E-state index in [9.17, 15) is 14.4 Å². The van der Waals surface area contributed by atoms with Gasteiger partial charge in [0.15, 0.2) is 0 Å². The lowest BCUT2D eigenvalue weighted by Gasteiger charge is -2.55. The Morgan fingerprint density at radius 1 is 1.06 bits per heavy atom. The quantitative estimate of drug-likeness (QED) is 0.543. The van der Waals surface area contributed by atoms with Crippen LogP contribution in [-0.4, -0.2) is 55.0 Å². The maximum atomic E-state index is 13.2. The zero-order chi connectivity index (χ0) is 25.3. The molecule has 4 bridgehead atoms. The Balaban J connectivity index is 1.16. The number of anilines is 1. The summed E-state index contributed by atoms with van der Waals surface area (Å²) in [4.78, 5) is 41.0. The molecule has 0 aromatic heterocycles. The van der Waals surface area contributed by atoms with Crippen LogP contribution in [0.5, 0.6) is 0 Å². The van der Waals surface area contributed by atoms with Crippen LogP contribution in [0, 0.1) is 37.0 Å². The molecule has 1 atom stereocenters. The smallest absolute Gasteiger partial charge is 0.244 e. The molecule has 1 aliphatic heterocycles. The number of ether oxygens (including phenoxy) is 1. The van der Waals surface area contributed by atoms with E-state index >= 15 is 0 Å². The second-order valence-corrected chi connectivity index (χ2v) is 11.9. The van der Waals surface area contributed by atoms with Gasteiger partial charge >= 0.3 is 0 Å².